The highest BCUT2D eigenvalue weighted by Gasteiger charge is 2.31. The molecule has 43 heavy (non-hydrogen) atoms. The van der Waals surface area contributed by atoms with Crippen LogP contribution in [-0.2, 0) is 13.2 Å². The van der Waals surface area contributed by atoms with E-state index in [1.165, 1.54) is 37.0 Å². The number of anilines is 1. The van der Waals surface area contributed by atoms with Crippen LogP contribution >= 0.6 is 0 Å². The summed E-state index contributed by atoms with van der Waals surface area (Å²) in [6.45, 7) is 1.45. The van der Waals surface area contributed by atoms with Crippen molar-refractivity contribution in [1.82, 2.24) is 19.5 Å². The van der Waals surface area contributed by atoms with E-state index in [1.54, 1.807) is 6.20 Å². The molecule has 6 rings (SSSR count). The smallest absolute Gasteiger partial charge is 0.416 e. The van der Waals surface area contributed by atoms with Crippen LogP contribution in [0.1, 0.15) is 21.6 Å². The van der Waals surface area contributed by atoms with Gasteiger partial charge in [-0.2, -0.15) is 13.2 Å². The topological polar surface area (TPSA) is 102 Å². The molecule has 8 nitrogen and oxygen atoms in total. The van der Waals surface area contributed by atoms with E-state index < -0.39 is 28.9 Å². The molecule has 0 aliphatic heterocycles. The second kappa shape index (κ2) is 10.4. The highest BCUT2D eigenvalue weighted by Crippen LogP contribution is 2.36. The van der Waals surface area contributed by atoms with E-state index in [1.807, 2.05) is 30.3 Å². The molecular formula is C31H21F4N5O3. The van der Waals surface area contributed by atoms with Crippen molar-refractivity contribution in [3.63, 3.8) is 0 Å². The standard InChI is InChI=1S/C31H21F4N5O3/c1-16-25(27(41)20-10-8-18(31(33,34)35)12-23(20)40(16)2)29(42)39-19-9-11-24(22(32)13-19)43-30-26-21(17-6-4-3-5-7-17)14-36-28(26)37-15-38-30/h3-15H,1-2H3,(H,39,42)(H,36,37,38). The molecule has 0 atom stereocenters. The lowest BCUT2D eigenvalue weighted by Crippen LogP contribution is -2.26. The van der Waals surface area contributed by atoms with Gasteiger partial charge in [0, 0.05) is 41.6 Å². The summed E-state index contributed by atoms with van der Waals surface area (Å²) in [4.78, 5) is 37.8. The lowest BCUT2D eigenvalue weighted by atomic mass is 10.0. The van der Waals surface area contributed by atoms with E-state index >= 15 is 4.39 Å². The van der Waals surface area contributed by atoms with Crippen molar-refractivity contribution in [2.45, 2.75) is 13.1 Å². The number of aryl methyl sites for hydroxylation is 1. The number of amides is 1. The summed E-state index contributed by atoms with van der Waals surface area (Å²) in [5.41, 5.74) is 0.394. The molecule has 0 radical (unpaired) electrons. The number of benzene rings is 3. The van der Waals surface area contributed by atoms with Gasteiger partial charge < -0.3 is 19.6 Å². The molecule has 0 fully saturated rings. The Labute approximate surface area is 240 Å². The molecule has 3 aromatic carbocycles. The summed E-state index contributed by atoms with van der Waals surface area (Å²) in [5, 5.41) is 2.99. The summed E-state index contributed by atoms with van der Waals surface area (Å²) < 4.78 is 62.1. The molecule has 12 heteroatoms. The van der Waals surface area contributed by atoms with Gasteiger partial charge >= 0.3 is 6.18 Å². The number of nitrogens with zero attached hydrogens (tertiary/aromatic N) is 3. The Balaban J connectivity index is 1.29. The van der Waals surface area contributed by atoms with Gasteiger partial charge in [0.15, 0.2) is 11.6 Å². The molecule has 1 amide bonds. The number of hydrogen-bond acceptors (Lipinski definition) is 5. The molecule has 0 unspecified atom stereocenters. The Kier molecular flexibility index (Phi) is 6.68. The quantitative estimate of drug-likeness (QED) is 0.212. The third kappa shape index (κ3) is 4.96. The average molecular weight is 588 g/mol. The zero-order valence-electron chi connectivity index (χ0n) is 22.6. The molecule has 0 saturated carbocycles. The minimum atomic E-state index is -4.60. The number of pyridine rings is 1. The number of halogens is 4. The first-order valence-electron chi connectivity index (χ1n) is 12.9. The van der Waals surface area contributed by atoms with Gasteiger partial charge in [-0.1, -0.05) is 30.3 Å². The Bertz CT molecular complexity index is 2100. The highest BCUT2D eigenvalue weighted by atomic mass is 19.4. The summed E-state index contributed by atoms with van der Waals surface area (Å²) in [6.07, 6.45) is -1.56. The van der Waals surface area contributed by atoms with Crippen molar-refractivity contribution in [3.8, 4) is 22.8 Å². The molecule has 6 aromatic rings. The van der Waals surface area contributed by atoms with Gasteiger partial charge in [0.05, 0.1) is 16.5 Å². The minimum absolute atomic E-state index is 0.0260. The van der Waals surface area contributed by atoms with Crippen LogP contribution in [0.25, 0.3) is 33.1 Å². The van der Waals surface area contributed by atoms with Gasteiger partial charge in [0.25, 0.3) is 5.91 Å². The van der Waals surface area contributed by atoms with Crippen LogP contribution in [0.5, 0.6) is 11.6 Å². The van der Waals surface area contributed by atoms with Crippen molar-refractivity contribution in [3.05, 3.63) is 112 Å². The summed E-state index contributed by atoms with van der Waals surface area (Å²) in [5.74, 6) is -1.71. The van der Waals surface area contributed by atoms with E-state index in [2.05, 4.69) is 20.3 Å². The second-order valence-electron chi connectivity index (χ2n) is 9.75. The number of ether oxygens (including phenoxy) is 1. The maximum atomic E-state index is 15.2. The SMILES string of the molecule is Cc1c(C(=O)Nc2ccc(Oc3ncnc4[nH]cc(-c5ccccc5)c34)c(F)c2)c(=O)c2ccc(C(F)(F)F)cc2n1C. The first-order chi connectivity index (χ1) is 20.5. The van der Waals surface area contributed by atoms with E-state index in [4.69, 9.17) is 4.74 Å². The molecule has 0 spiro atoms. The van der Waals surface area contributed by atoms with Crippen molar-refractivity contribution in [1.29, 1.82) is 0 Å². The number of fused-ring (bicyclic) bond motifs is 2. The van der Waals surface area contributed by atoms with Crippen LogP contribution in [0.4, 0.5) is 23.2 Å². The molecular weight excluding hydrogens is 566 g/mol. The van der Waals surface area contributed by atoms with Crippen molar-refractivity contribution in [2.75, 3.05) is 5.32 Å². The summed E-state index contributed by atoms with van der Waals surface area (Å²) in [6, 6.07) is 15.9. The third-order valence-electron chi connectivity index (χ3n) is 7.17. The molecule has 0 aliphatic carbocycles. The number of alkyl halides is 3. The number of nitrogens with one attached hydrogen (secondary N) is 2. The first kappa shape index (κ1) is 27.6. The number of rotatable bonds is 5. The fourth-order valence-corrected chi connectivity index (χ4v) is 4.91. The molecule has 0 aliphatic rings. The van der Waals surface area contributed by atoms with Crippen LogP contribution in [0.2, 0.25) is 0 Å². The van der Waals surface area contributed by atoms with E-state index in [9.17, 15) is 22.8 Å². The highest BCUT2D eigenvalue weighted by molar-refractivity contribution is 6.07. The largest absolute Gasteiger partial charge is 0.435 e. The van der Waals surface area contributed by atoms with Crippen LogP contribution < -0.4 is 15.5 Å². The normalized spacial score (nSPS) is 11.7. The third-order valence-corrected chi connectivity index (χ3v) is 7.17. The van der Waals surface area contributed by atoms with Gasteiger partial charge in [-0.25, -0.2) is 14.4 Å². The predicted molar refractivity (Wildman–Crippen MR) is 153 cm³/mol. The number of hydrogen-bond donors (Lipinski definition) is 2. The maximum absolute atomic E-state index is 15.2. The average Bonchev–Trinajstić information content (AvgIpc) is 3.42. The lowest BCUT2D eigenvalue weighted by molar-refractivity contribution is -0.137. The van der Waals surface area contributed by atoms with Crippen molar-refractivity contribution >= 4 is 33.5 Å². The number of carbonyl (C=O) groups is 1. The minimum Gasteiger partial charge on any atom is -0.435 e. The zero-order valence-corrected chi connectivity index (χ0v) is 22.6. The van der Waals surface area contributed by atoms with E-state index in [-0.39, 0.29) is 39.5 Å². The number of H-pyrrole nitrogens is 1. The fourth-order valence-electron chi connectivity index (χ4n) is 4.91. The van der Waals surface area contributed by atoms with Gasteiger partial charge in [-0.05, 0) is 42.8 Å². The van der Waals surface area contributed by atoms with Crippen LogP contribution in [-0.4, -0.2) is 25.4 Å². The molecule has 0 bridgehead atoms. The first-order valence-corrected chi connectivity index (χ1v) is 12.9. The molecule has 2 N–H and O–H groups in total. The van der Waals surface area contributed by atoms with E-state index in [0.29, 0.717) is 11.0 Å². The Morgan fingerprint density at radius 3 is 2.51 bits per heavy atom. The van der Waals surface area contributed by atoms with Crippen LogP contribution in [0.3, 0.4) is 0 Å². The van der Waals surface area contributed by atoms with Crippen molar-refractivity contribution < 1.29 is 27.1 Å². The van der Waals surface area contributed by atoms with Gasteiger partial charge in [-0.3, -0.25) is 9.59 Å². The zero-order chi connectivity index (χ0) is 30.5. The number of aromatic amines is 1. The van der Waals surface area contributed by atoms with E-state index in [0.717, 1.165) is 35.4 Å². The monoisotopic (exact) mass is 587 g/mol. The summed E-state index contributed by atoms with van der Waals surface area (Å²) in [7, 11) is 1.46. The fraction of sp³-hybridized carbons (Fsp3) is 0.0968. The van der Waals surface area contributed by atoms with Gasteiger partial charge in [0.2, 0.25) is 11.3 Å². The molecule has 3 heterocycles. The molecule has 216 valence electrons. The van der Waals surface area contributed by atoms with Gasteiger partial charge in [0.1, 0.15) is 17.5 Å². The van der Waals surface area contributed by atoms with Crippen LogP contribution in [0.15, 0.2) is 84.0 Å². The summed E-state index contributed by atoms with van der Waals surface area (Å²) >= 11 is 0. The van der Waals surface area contributed by atoms with Crippen LogP contribution in [0, 0.1) is 12.7 Å². The Morgan fingerprint density at radius 2 is 1.79 bits per heavy atom. The second-order valence-corrected chi connectivity index (χ2v) is 9.75. The lowest BCUT2D eigenvalue weighted by Gasteiger charge is -2.16. The number of carbonyl (C=O) groups excluding carboxylic acids is 1. The Hall–Kier alpha value is -5.52. The predicted octanol–water partition coefficient (Wildman–Crippen LogP) is 6.99. The Morgan fingerprint density at radius 1 is 1.02 bits per heavy atom. The number of aromatic nitrogens is 4. The van der Waals surface area contributed by atoms with Crippen molar-refractivity contribution in [2.24, 2.45) is 7.05 Å². The van der Waals surface area contributed by atoms with Gasteiger partial charge in [-0.15, -0.1) is 0 Å². The molecule has 0 saturated heterocycles. The maximum Gasteiger partial charge on any atom is 0.416 e. The molecule has 3 aromatic heterocycles.